The molecular weight excluding hydrogens is 302 g/mol. The van der Waals surface area contributed by atoms with Crippen molar-refractivity contribution in [3.05, 3.63) is 0 Å². The van der Waals surface area contributed by atoms with Gasteiger partial charge in [-0.15, -0.1) is 0 Å². The zero-order valence-electron chi connectivity index (χ0n) is 13.1. The van der Waals surface area contributed by atoms with Gasteiger partial charge in [0.25, 0.3) is 0 Å². The number of carbonyl (C=O) groups is 1. The molecule has 0 aromatic carbocycles. The predicted octanol–water partition coefficient (Wildman–Crippen LogP) is 1.78. The van der Waals surface area contributed by atoms with Crippen molar-refractivity contribution in [2.45, 2.75) is 51.0 Å². The molecule has 0 radical (unpaired) electrons. The fourth-order valence-electron chi connectivity index (χ4n) is 4.99. The predicted molar refractivity (Wildman–Crippen MR) is 84.4 cm³/mol. The maximum absolute atomic E-state index is 11.7. The van der Waals surface area contributed by atoms with Crippen molar-refractivity contribution in [3.63, 3.8) is 0 Å². The minimum atomic E-state index is -3.47. The number of sulfone groups is 1. The standard InChI is InChI=1S/C16H27NO4S/c18-16(19)11-22(20,21)7-6-17-5-1-2-15(17)10-14-9-12-3-4-13(14)8-12/h12-15H,1-11H2,(H,18,19). The summed E-state index contributed by atoms with van der Waals surface area (Å²) >= 11 is 0. The highest BCUT2D eigenvalue weighted by Gasteiger charge is 2.41. The summed E-state index contributed by atoms with van der Waals surface area (Å²) in [6.45, 7) is 1.47. The van der Waals surface area contributed by atoms with E-state index in [0.29, 0.717) is 12.6 Å². The summed E-state index contributed by atoms with van der Waals surface area (Å²) in [6, 6.07) is 0.518. The molecule has 3 rings (SSSR count). The second-order valence-corrected chi connectivity index (χ2v) is 9.67. The molecule has 4 atom stereocenters. The molecular formula is C16H27NO4S. The summed E-state index contributed by atoms with van der Waals surface area (Å²) in [5, 5.41) is 8.65. The van der Waals surface area contributed by atoms with Crippen molar-refractivity contribution in [1.82, 2.24) is 4.90 Å². The maximum atomic E-state index is 11.7. The van der Waals surface area contributed by atoms with Crippen LogP contribution in [0.15, 0.2) is 0 Å². The van der Waals surface area contributed by atoms with Gasteiger partial charge in [0.1, 0.15) is 5.75 Å². The van der Waals surface area contributed by atoms with Gasteiger partial charge < -0.3 is 5.11 Å². The van der Waals surface area contributed by atoms with Crippen LogP contribution in [0.25, 0.3) is 0 Å². The number of fused-ring (bicyclic) bond motifs is 2. The zero-order chi connectivity index (χ0) is 15.7. The van der Waals surface area contributed by atoms with Crippen LogP contribution < -0.4 is 0 Å². The number of likely N-dealkylation sites (tertiary alicyclic amines) is 1. The van der Waals surface area contributed by atoms with E-state index in [9.17, 15) is 13.2 Å². The Bertz CT molecular complexity index is 518. The molecule has 4 unspecified atom stereocenters. The quantitative estimate of drug-likeness (QED) is 0.770. The lowest BCUT2D eigenvalue weighted by atomic mass is 9.84. The number of hydrogen-bond acceptors (Lipinski definition) is 4. The molecule has 6 heteroatoms. The van der Waals surface area contributed by atoms with E-state index in [-0.39, 0.29) is 5.75 Å². The Kier molecular flexibility index (Phi) is 4.78. The van der Waals surface area contributed by atoms with Crippen molar-refractivity contribution in [2.24, 2.45) is 17.8 Å². The average molecular weight is 329 g/mol. The molecule has 5 nitrogen and oxygen atoms in total. The molecule has 2 bridgehead atoms. The van der Waals surface area contributed by atoms with Crippen molar-refractivity contribution >= 4 is 15.8 Å². The fourth-order valence-corrected chi connectivity index (χ4v) is 6.02. The Balaban J connectivity index is 1.49. The Labute approximate surface area is 133 Å². The van der Waals surface area contributed by atoms with E-state index >= 15 is 0 Å². The van der Waals surface area contributed by atoms with Gasteiger partial charge in [0.2, 0.25) is 0 Å². The van der Waals surface area contributed by atoms with Crippen LogP contribution >= 0.6 is 0 Å². The summed E-state index contributed by atoms with van der Waals surface area (Å²) in [7, 11) is -3.47. The molecule has 22 heavy (non-hydrogen) atoms. The van der Waals surface area contributed by atoms with E-state index in [4.69, 9.17) is 5.11 Å². The third-order valence-electron chi connectivity index (χ3n) is 5.99. The molecule has 0 aromatic rings. The van der Waals surface area contributed by atoms with Crippen LogP contribution in [0.5, 0.6) is 0 Å². The summed E-state index contributed by atoms with van der Waals surface area (Å²) in [5.41, 5.74) is 0. The smallest absolute Gasteiger partial charge is 0.318 e. The van der Waals surface area contributed by atoms with Gasteiger partial charge in [0, 0.05) is 12.6 Å². The van der Waals surface area contributed by atoms with Gasteiger partial charge in [0.15, 0.2) is 9.84 Å². The topological polar surface area (TPSA) is 74.7 Å². The van der Waals surface area contributed by atoms with Crippen LogP contribution in [0.2, 0.25) is 0 Å². The van der Waals surface area contributed by atoms with Crippen LogP contribution in [-0.2, 0) is 14.6 Å². The third-order valence-corrected chi connectivity index (χ3v) is 7.48. The lowest BCUT2D eigenvalue weighted by Gasteiger charge is -2.30. The average Bonchev–Trinajstić information content (AvgIpc) is 3.11. The summed E-state index contributed by atoms with van der Waals surface area (Å²) in [5.74, 6) is 0.716. The molecule has 3 aliphatic rings. The molecule has 2 saturated carbocycles. The van der Waals surface area contributed by atoms with Crippen LogP contribution in [0, 0.1) is 17.8 Å². The number of rotatable bonds is 7. The number of carboxylic acid groups (broad SMARTS) is 1. The first-order valence-corrected chi connectivity index (χ1v) is 10.4. The van der Waals surface area contributed by atoms with Gasteiger partial charge in [-0.3, -0.25) is 9.69 Å². The number of hydrogen-bond donors (Lipinski definition) is 1. The summed E-state index contributed by atoms with van der Waals surface area (Å²) in [6.07, 6.45) is 9.16. The van der Waals surface area contributed by atoms with Crippen molar-refractivity contribution in [1.29, 1.82) is 0 Å². The highest BCUT2D eigenvalue weighted by Crippen LogP contribution is 2.50. The normalized spacial score (nSPS) is 35.3. The molecule has 126 valence electrons. The molecule has 0 spiro atoms. The Morgan fingerprint density at radius 1 is 1.18 bits per heavy atom. The minimum absolute atomic E-state index is 0.0213. The number of carboxylic acids is 1. The highest BCUT2D eigenvalue weighted by atomic mass is 32.2. The molecule has 0 amide bonds. The maximum Gasteiger partial charge on any atom is 0.318 e. The second-order valence-electron chi connectivity index (χ2n) is 7.49. The van der Waals surface area contributed by atoms with Crippen LogP contribution in [-0.4, -0.2) is 55.0 Å². The first-order valence-electron chi connectivity index (χ1n) is 8.59. The van der Waals surface area contributed by atoms with E-state index < -0.39 is 21.6 Å². The zero-order valence-corrected chi connectivity index (χ0v) is 13.9. The largest absolute Gasteiger partial charge is 0.480 e. The van der Waals surface area contributed by atoms with Crippen LogP contribution in [0.3, 0.4) is 0 Å². The first kappa shape index (κ1) is 16.2. The van der Waals surface area contributed by atoms with Crippen LogP contribution in [0.1, 0.15) is 44.9 Å². The second kappa shape index (κ2) is 6.48. The van der Waals surface area contributed by atoms with E-state index in [1.54, 1.807) is 0 Å². The van der Waals surface area contributed by atoms with Gasteiger partial charge in [-0.05, 0) is 62.8 Å². The highest BCUT2D eigenvalue weighted by molar-refractivity contribution is 7.92. The van der Waals surface area contributed by atoms with Gasteiger partial charge in [-0.2, -0.15) is 0 Å². The Hall–Kier alpha value is -0.620. The fraction of sp³-hybridized carbons (Fsp3) is 0.938. The Morgan fingerprint density at radius 3 is 2.64 bits per heavy atom. The van der Waals surface area contributed by atoms with Gasteiger partial charge in [-0.1, -0.05) is 6.42 Å². The van der Waals surface area contributed by atoms with Crippen molar-refractivity contribution in [3.8, 4) is 0 Å². The Morgan fingerprint density at radius 2 is 2.00 bits per heavy atom. The lowest BCUT2D eigenvalue weighted by molar-refractivity contribution is -0.134. The van der Waals surface area contributed by atoms with E-state index in [0.717, 1.165) is 30.7 Å². The first-order chi connectivity index (χ1) is 10.4. The lowest BCUT2D eigenvalue weighted by Crippen LogP contribution is -2.36. The molecule has 1 heterocycles. The van der Waals surface area contributed by atoms with E-state index in [1.165, 1.54) is 38.5 Å². The van der Waals surface area contributed by atoms with E-state index in [1.807, 2.05) is 0 Å². The summed E-state index contributed by atoms with van der Waals surface area (Å²) < 4.78 is 23.5. The van der Waals surface area contributed by atoms with Crippen molar-refractivity contribution in [2.75, 3.05) is 24.6 Å². The molecule has 1 N–H and O–H groups in total. The van der Waals surface area contributed by atoms with Gasteiger partial charge in [0.05, 0.1) is 5.75 Å². The molecule has 0 aromatic heterocycles. The van der Waals surface area contributed by atoms with Crippen LogP contribution in [0.4, 0.5) is 0 Å². The number of nitrogens with zero attached hydrogens (tertiary/aromatic N) is 1. The molecule has 1 aliphatic heterocycles. The number of aliphatic carboxylic acids is 1. The molecule has 1 saturated heterocycles. The third kappa shape index (κ3) is 3.82. The monoisotopic (exact) mass is 329 g/mol. The van der Waals surface area contributed by atoms with Gasteiger partial charge in [-0.25, -0.2) is 8.42 Å². The summed E-state index contributed by atoms with van der Waals surface area (Å²) in [4.78, 5) is 12.9. The van der Waals surface area contributed by atoms with Gasteiger partial charge >= 0.3 is 5.97 Å². The molecule has 2 aliphatic carbocycles. The van der Waals surface area contributed by atoms with Crippen molar-refractivity contribution < 1.29 is 18.3 Å². The molecule has 3 fully saturated rings. The SMILES string of the molecule is O=C(O)CS(=O)(=O)CCN1CCCC1CC1CC2CCC1C2. The van der Waals surface area contributed by atoms with E-state index in [2.05, 4.69) is 4.90 Å². The minimum Gasteiger partial charge on any atom is -0.480 e.